The van der Waals surface area contributed by atoms with Crippen LogP contribution in [-0.2, 0) is 6.42 Å². The molecule has 2 N–H and O–H groups in total. The Balaban J connectivity index is 1.57. The summed E-state index contributed by atoms with van der Waals surface area (Å²) in [5.74, 6) is 0.687. The molecule has 2 unspecified atom stereocenters. The highest BCUT2D eigenvalue weighted by atomic mass is 32.1. The molecule has 16 heavy (non-hydrogen) atoms. The van der Waals surface area contributed by atoms with Crippen LogP contribution in [0.15, 0.2) is 17.5 Å². The summed E-state index contributed by atoms with van der Waals surface area (Å²) in [5, 5.41) is 15.2. The second-order valence-electron chi connectivity index (χ2n) is 4.72. The average molecular weight is 239 g/mol. The Hall–Kier alpha value is -0.380. The van der Waals surface area contributed by atoms with Crippen LogP contribution in [0.1, 0.15) is 30.6 Å². The molecule has 1 aliphatic carbocycles. The minimum absolute atomic E-state index is 0.0437. The largest absolute Gasteiger partial charge is 0.393 e. The predicted molar refractivity (Wildman–Crippen MR) is 68.9 cm³/mol. The summed E-state index contributed by atoms with van der Waals surface area (Å²) in [4.78, 5) is 1.45. The molecule has 0 spiro atoms. The Labute approximate surface area is 102 Å². The zero-order valence-electron chi connectivity index (χ0n) is 9.69. The standard InChI is InChI=1S/C13H21NOS/c15-12-4-1-3-11(9-12)10-14-7-6-13-5-2-8-16-13/h2,5,8,11-12,14-15H,1,3-4,6-7,9-10H2. The van der Waals surface area contributed by atoms with Crippen molar-refractivity contribution in [1.29, 1.82) is 0 Å². The lowest BCUT2D eigenvalue weighted by Gasteiger charge is -2.25. The number of nitrogens with one attached hydrogen (secondary N) is 1. The lowest BCUT2D eigenvalue weighted by Crippen LogP contribution is -2.30. The van der Waals surface area contributed by atoms with Gasteiger partial charge in [0.15, 0.2) is 0 Å². The van der Waals surface area contributed by atoms with E-state index >= 15 is 0 Å². The van der Waals surface area contributed by atoms with Crippen LogP contribution >= 0.6 is 11.3 Å². The van der Waals surface area contributed by atoms with Gasteiger partial charge in [-0.3, -0.25) is 0 Å². The van der Waals surface area contributed by atoms with Crippen molar-refractivity contribution >= 4 is 11.3 Å². The van der Waals surface area contributed by atoms with Crippen molar-refractivity contribution in [2.75, 3.05) is 13.1 Å². The van der Waals surface area contributed by atoms with Crippen molar-refractivity contribution < 1.29 is 5.11 Å². The van der Waals surface area contributed by atoms with Gasteiger partial charge in [-0.15, -0.1) is 11.3 Å². The van der Waals surface area contributed by atoms with Crippen LogP contribution in [0.25, 0.3) is 0 Å². The van der Waals surface area contributed by atoms with Crippen LogP contribution in [0, 0.1) is 5.92 Å². The molecule has 3 heteroatoms. The van der Waals surface area contributed by atoms with E-state index < -0.39 is 0 Å². The van der Waals surface area contributed by atoms with Crippen LogP contribution in [-0.4, -0.2) is 24.3 Å². The molecule has 2 nitrogen and oxygen atoms in total. The van der Waals surface area contributed by atoms with Gasteiger partial charge in [0.1, 0.15) is 0 Å². The lowest BCUT2D eigenvalue weighted by molar-refractivity contribution is 0.101. The number of rotatable bonds is 5. The van der Waals surface area contributed by atoms with Crippen molar-refractivity contribution in [3.05, 3.63) is 22.4 Å². The highest BCUT2D eigenvalue weighted by Crippen LogP contribution is 2.23. The second-order valence-corrected chi connectivity index (χ2v) is 5.75. The van der Waals surface area contributed by atoms with Crippen LogP contribution < -0.4 is 5.32 Å². The normalized spacial score (nSPS) is 25.8. The first-order chi connectivity index (χ1) is 7.84. The molecule has 1 aromatic rings. The molecule has 0 aliphatic heterocycles. The summed E-state index contributed by atoms with van der Waals surface area (Å²) in [6.07, 6.45) is 5.56. The third-order valence-electron chi connectivity index (χ3n) is 3.32. The molecule has 0 amide bonds. The third-order valence-corrected chi connectivity index (χ3v) is 4.25. The van der Waals surface area contributed by atoms with Gasteiger partial charge < -0.3 is 10.4 Å². The Bertz CT molecular complexity index is 286. The first-order valence-corrected chi connectivity index (χ1v) is 7.13. The fourth-order valence-electron chi connectivity index (χ4n) is 2.42. The summed E-state index contributed by atoms with van der Waals surface area (Å²) in [7, 11) is 0. The van der Waals surface area contributed by atoms with Gasteiger partial charge in [-0.2, -0.15) is 0 Å². The molecular weight excluding hydrogens is 218 g/mol. The number of aliphatic hydroxyl groups is 1. The number of hydrogen-bond donors (Lipinski definition) is 2. The maximum atomic E-state index is 9.56. The van der Waals surface area contributed by atoms with Gasteiger partial charge in [-0.05, 0) is 56.1 Å². The van der Waals surface area contributed by atoms with Crippen LogP contribution in [0.5, 0.6) is 0 Å². The van der Waals surface area contributed by atoms with E-state index in [-0.39, 0.29) is 6.10 Å². The SMILES string of the molecule is OC1CCCC(CNCCc2cccs2)C1. The Morgan fingerprint density at radius 1 is 1.44 bits per heavy atom. The van der Waals surface area contributed by atoms with Crippen molar-refractivity contribution in [3.63, 3.8) is 0 Å². The molecule has 1 aromatic heterocycles. The van der Waals surface area contributed by atoms with E-state index in [2.05, 4.69) is 22.8 Å². The van der Waals surface area contributed by atoms with Gasteiger partial charge in [0.05, 0.1) is 6.10 Å². The molecule has 1 heterocycles. The predicted octanol–water partition coefficient (Wildman–Crippen LogP) is 2.43. The van der Waals surface area contributed by atoms with Crippen LogP contribution in [0.2, 0.25) is 0 Å². The van der Waals surface area contributed by atoms with Crippen LogP contribution in [0.4, 0.5) is 0 Å². The average Bonchev–Trinajstić information content (AvgIpc) is 2.77. The fourth-order valence-corrected chi connectivity index (χ4v) is 3.13. The Kier molecular flexibility index (Phi) is 4.82. The minimum atomic E-state index is -0.0437. The van der Waals surface area contributed by atoms with Crippen molar-refractivity contribution in [1.82, 2.24) is 5.32 Å². The molecule has 2 rings (SSSR count). The van der Waals surface area contributed by atoms with Gasteiger partial charge in [-0.1, -0.05) is 12.5 Å². The van der Waals surface area contributed by atoms with Crippen molar-refractivity contribution in [2.24, 2.45) is 5.92 Å². The summed E-state index contributed by atoms with van der Waals surface area (Å²) in [6, 6.07) is 4.30. The van der Waals surface area contributed by atoms with Gasteiger partial charge in [0, 0.05) is 4.88 Å². The van der Waals surface area contributed by atoms with E-state index in [1.807, 2.05) is 11.3 Å². The van der Waals surface area contributed by atoms with E-state index in [1.54, 1.807) is 0 Å². The summed E-state index contributed by atoms with van der Waals surface area (Å²) < 4.78 is 0. The van der Waals surface area contributed by atoms with Crippen molar-refractivity contribution in [2.45, 2.75) is 38.2 Å². The van der Waals surface area contributed by atoms with Gasteiger partial charge in [0.25, 0.3) is 0 Å². The zero-order chi connectivity index (χ0) is 11.2. The Morgan fingerprint density at radius 2 is 2.38 bits per heavy atom. The number of hydrogen-bond acceptors (Lipinski definition) is 3. The quantitative estimate of drug-likeness (QED) is 0.774. The van der Waals surface area contributed by atoms with Crippen molar-refractivity contribution in [3.8, 4) is 0 Å². The van der Waals surface area contributed by atoms with Gasteiger partial charge in [0.2, 0.25) is 0 Å². The summed E-state index contributed by atoms with van der Waals surface area (Å²) >= 11 is 1.83. The van der Waals surface area contributed by atoms with E-state index in [0.717, 1.165) is 32.4 Å². The minimum Gasteiger partial charge on any atom is -0.393 e. The summed E-state index contributed by atoms with van der Waals surface area (Å²) in [5.41, 5.74) is 0. The highest BCUT2D eigenvalue weighted by molar-refractivity contribution is 7.09. The topological polar surface area (TPSA) is 32.3 Å². The van der Waals surface area contributed by atoms with Gasteiger partial charge >= 0.3 is 0 Å². The Morgan fingerprint density at radius 3 is 3.12 bits per heavy atom. The maximum Gasteiger partial charge on any atom is 0.0543 e. The number of thiophene rings is 1. The molecular formula is C13H21NOS. The fraction of sp³-hybridized carbons (Fsp3) is 0.692. The molecule has 90 valence electrons. The molecule has 0 saturated heterocycles. The molecule has 1 saturated carbocycles. The number of aliphatic hydroxyl groups excluding tert-OH is 1. The first-order valence-electron chi connectivity index (χ1n) is 6.26. The van der Waals surface area contributed by atoms with E-state index in [4.69, 9.17) is 0 Å². The monoisotopic (exact) mass is 239 g/mol. The maximum absolute atomic E-state index is 9.56. The molecule has 0 bridgehead atoms. The van der Waals surface area contributed by atoms with E-state index in [0.29, 0.717) is 5.92 Å². The summed E-state index contributed by atoms with van der Waals surface area (Å²) in [6.45, 7) is 2.13. The van der Waals surface area contributed by atoms with Gasteiger partial charge in [-0.25, -0.2) is 0 Å². The second kappa shape index (κ2) is 6.38. The van der Waals surface area contributed by atoms with E-state index in [1.165, 1.54) is 17.7 Å². The zero-order valence-corrected chi connectivity index (χ0v) is 10.5. The molecule has 2 atom stereocenters. The molecule has 1 aliphatic rings. The third kappa shape index (κ3) is 3.89. The van der Waals surface area contributed by atoms with E-state index in [9.17, 15) is 5.11 Å². The molecule has 0 aromatic carbocycles. The first kappa shape index (κ1) is 12.1. The van der Waals surface area contributed by atoms with Crippen LogP contribution in [0.3, 0.4) is 0 Å². The molecule has 1 fully saturated rings. The lowest BCUT2D eigenvalue weighted by atomic mass is 9.87. The smallest absolute Gasteiger partial charge is 0.0543 e. The highest BCUT2D eigenvalue weighted by Gasteiger charge is 2.19. The molecule has 0 radical (unpaired) electrons.